The third kappa shape index (κ3) is 2.64. The van der Waals surface area contributed by atoms with Crippen molar-refractivity contribution in [3.05, 3.63) is 65.3 Å². The monoisotopic (exact) mass is 301 g/mol. The van der Waals surface area contributed by atoms with Crippen molar-refractivity contribution in [3.8, 4) is 22.4 Å². The SMILES string of the molecule is Clc1cncc(-c2cc(-c3cccnc3Cl)ccn2)c1. The molecule has 0 aliphatic carbocycles. The summed E-state index contributed by atoms with van der Waals surface area (Å²) in [5.74, 6) is 0. The lowest BCUT2D eigenvalue weighted by atomic mass is 10.1. The van der Waals surface area contributed by atoms with Crippen LogP contribution in [0.3, 0.4) is 0 Å². The van der Waals surface area contributed by atoms with E-state index >= 15 is 0 Å². The second-order valence-electron chi connectivity index (χ2n) is 4.16. The third-order valence-electron chi connectivity index (χ3n) is 2.83. The van der Waals surface area contributed by atoms with Crippen LogP contribution in [0.15, 0.2) is 55.1 Å². The molecule has 0 aliphatic rings. The second kappa shape index (κ2) is 5.57. The van der Waals surface area contributed by atoms with Crippen LogP contribution in [0.2, 0.25) is 10.2 Å². The average Bonchev–Trinajstić information content (AvgIpc) is 2.48. The molecule has 0 aromatic carbocycles. The first-order chi connectivity index (χ1) is 9.74. The molecule has 0 amide bonds. The van der Waals surface area contributed by atoms with Crippen LogP contribution in [0.25, 0.3) is 22.4 Å². The molecule has 0 saturated carbocycles. The highest BCUT2D eigenvalue weighted by Gasteiger charge is 2.07. The van der Waals surface area contributed by atoms with Crippen LogP contribution in [0.5, 0.6) is 0 Å². The van der Waals surface area contributed by atoms with Gasteiger partial charge in [-0.2, -0.15) is 0 Å². The highest BCUT2D eigenvalue weighted by Crippen LogP contribution is 2.28. The van der Waals surface area contributed by atoms with Gasteiger partial charge >= 0.3 is 0 Å². The molecule has 0 saturated heterocycles. The maximum atomic E-state index is 6.12. The van der Waals surface area contributed by atoms with Gasteiger partial charge < -0.3 is 0 Å². The van der Waals surface area contributed by atoms with Crippen molar-refractivity contribution in [3.63, 3.8) is 0 Å². The lowest BCUT2D eigenvalue weighted by molar-refractivity contribution is 1.27. The Bertz CT molecular complexity index is 759. The van der Waals surface area contributed by atoms with E-state index in [0.29, 0.717) is 10.2 Å². The van der Waals surface area contributed by atoms with Crippen molar-refractivity contribution in [2.24, 2.45) is 0 Å². The number of rotatable bonds is 2. The first-order valence-electron chi connectivity index (χ1n) is 5.92. The number of hydrogen-bond acceptors (Lipinski definition) is 3. The Morgan fingerprint density at radius 2 is 1.75 bits per heavy atom. The number of nitrogens with zero attached hydrogens (tertiary/aromatic N) is 3. The van der Waals surface area contributed by atoms with Crippen LogP contribution in [0, 0.1) is 0 Å². The first-order valence-corrected chi connectivity index (χ1v) is 6.67. The van der Waals surface area contributed by atoms with E-state index in [2.05, 4.69) is 15.0 Å². The normalized spacial score (nSPS) is 10.5. The highest BCUT2D eigenvalue weighted by molar-refractivity contribution is 6.32. The lowest BCUT2D eigenvalue weighted by Gasteiger charge is -2.06. The first kappa shape index (κ1) is 13.0. The van der Waals surface area contributed by atoms with Gasteiger partial charge in [-0.05, 0) is 35.9 Å². The van der Waals surface area contributed by atoms with Gasteiger partial charge in [-0.25, -0.2) is 4.98 Å². The largest absolute Gasteiger partial charge is 0.262 e. The predicted molar refractivity (Wildman–Crippen MR) is 80.7 cm³/mol. The minimum atomic E-state index is 0.467. The van der Waals surface area contributed by atoms with E-state index < -0.39 is 0 Å². The highest BCUT2D eigenvalue weighted by atomic mass is 35.5. The smallest absolute Gasteiger partial charge is 0.136 e. The predicted octanol–water partition coefficient (Wildman–Crippen LogP) is 4.51. The van der Waals surface area contributed by atoms with Gasteiger partial charge in [0, 0.05) is 35.9 Å². The molecule has 0 bridgehead atoms. The van der Waals surface area contributed by atoms with Crippen LogP contribution >= 0.6 is 23.2 Å². The Hall–Kier alpha value is -1.97. The van der Waals surface area contributed by atoms with E-state index in [-0.39, 0.29) is 0 Å². The fraction of sp³-hybridized carbons (Fsp3) is 0. The Morgan fingerprint density at radius 1 is 0.850 bits per heavy atom. The summed E-state index contributed by atoms with van der Waals surface area (Å²) in [6.45, 7) is 0. The van der Waals surface area contributed by atoms with E-state index in [4.69, 9.17) is 23.2 Å². The van der Waals surface area contributed by atoms with Crippen molar-refractivity contribution in [1.82, 2.24) is 15.0 Å². The molecular weight excluding hydrogens is 293 g/mol. The Balaban J connectivity index is 2.09. The van der Waals surface area contributed by atoms with Gasteiger partial charge in [0.25, 0.3) is 0 Å². The van der Waals surface area contributed by atoms with Crippen molar-refractivity contribution in [2.45, 2.75) is 0 Å². The molecule has 0 fully saturated rings. The fourth-order valence-corrected chi connectivity index (χ4v) is 2.31. The molecule has 3 aromatic heterocycles. The molecule has 0 atom stereocenters. The summed E-state index contributed by atoms with van der Waals surface area (Å²) in [6, 6.07) is 9.43. The van der Waals surface area contributed by atoms with Crippen molar-refractivity contribution >= 4 is 23.2 Å². The van der Waals surface area contributed by atoms with E-state index in [0.717, 1.165) is 22.4 Å². The summed E-state index contributed by atoms with van der Waals surface area (Å²) in [6.07, 6.45) is 6.71. The Kier molecular flexibility index (Phi) is 3.63. The minimum Gasteiger partial charge on any atom is -0.262 e. The van der Waals surface area contributed by atoms with Gasteiger partial charge in [0.15, 0.2) is 0 Å². The lowest BCUT2D eigenvalue weighted by Crippen LogP contribution is -1.88. The summed E-state index contributed by atoms with van der Waals surface area (Å²) in [5.41, 5.74) is 3.47. The molecular formula is C15H9Cl2N3. The summed E-state index contributed by atoms with van der Waals surface area (Å²) in [7, 11) is 0. The van der Waals surface area contributed by atoms with Crippen LogP contribution in [-0.4, -0.2) is 15.0 Å². The average molecular weight is 302 g/mol. The van der Waals surface area contributed by atoms with Crippen molar-refractivity contribution in [1.29, 1.82) is 0 Å². The summed E-state index contributed by atoms with van der Waals surface area (Å²) in [4.78, 5) is 12.5. The van der Waals surface area contributed by atoms with E-state index in [1.807, 2.05) is 30.3 Å². The topological polar surface area (TPSA) is 38.7 Å². The molecule has 0 unspecified atom stereocenters. The maximum Gasteiger partial charge on any atom is 0.136 e. The molecule has 3 nitrogen and oxygen atoms in total. The van der Waals surface area contributed by atoms with Crippen LogP contribution < -0.4 is 0 Å². The third-order valence-corrected chi connectivity index (χ3v) is 3.34. The molecule has 0 N–H and O–H groups in total. The Labute approximate surface area is 126 Å². The quantitative estimate of drug-likeness (QED) is 0.654. The molecule has 98 valence electrons. The second-order valence-corrected chi connectivity index (χ2v) is 4.96. The van der Waals surface area contributed by atoms with E-state index in [1.54, 1.807) is 24.8 Å². The van der Waals surface area contributed by atoms with Crippen molar-refractivity contribution < 1.29 is 0 Å². The summed E-state index contributed by atoms with van der Waals surface area (Å²) >= 11 is 12.1. The summed E-state index contributed by atoms with van der Waals surface area (Å²) in [5, 5.41) is 1.04. The molecule has 0 radical (unpaired) electrons. The summed E-state index contributed by atoms with van der Waals surface area (Å²) < 4.78 is 0. The fourth-order valence-electron chi connectivity index (χ4n) is 1.91. The maximum absolute atomic E-state index is 6.12. The molecule has 3 aromatic rings. The van der Waals surface area contributed by atoms with Crippen LogP contribution in [0.1, 0.15) is 0 Å². The molecule has 20 heavy (non-hydrogen) atoms. The standard InChI is InChI=1S/C15H9Cl2N3/c16-12-6-11(8-18-9-12)14-7-10(3-5-19-14)13-2-1-4-20-15(13)17/h1-9H. The number of halogens is 2. The van der Waals surface area contributed by atoms with Gasteiger partial charge in [-0.1, -0.05) is 23.2 Å². The zero-order valence-electron chi connectivity index (χ0n) is 10.3. The molecule has 0 aliphatic heterocycles. The van der Waals surface area contributed by atoms with Gasteiger partial charge in [-0.3, -0.25) is 9.97 Å². The van der Waals surface area contributed by atoms with Crippen molar-refractivity contribution in [2.75, 3.05) is 0 Å². The van der Waals surface area contributed by atoms with Crippen LogP contribution in [0.4, 0.5) is 0 Å². The number of pyridine rings is 3. The number of hydrogen-bond donors (Lipinski definition) is 0. The van der Waals surface area contributed by atoms with E-state index in [1.165, 1.54) is 0 Å². The molecule has 3 heterocycles. The van der Waals surface area contributed by atoms with E-state index in [9.17, 15) is 0 Å². The zero-order valence-corrected chi connectivity index (χ0v) is 11.8. The minimum absolute atomic E-state index is 0.467. The zero-order chi connectivity index (χ0) is 13.9. The van der Waals surface area contributed by atoms with Gasteiger partial charge in [0.1, 0.15) is 5.15 Å². The molecule has 0 spiro atoms. The van der Waals surface area contributed by atoms with Gasteiger partial charge in [-0.15, -0.1) is 0 Å². The van der Waals surface area contributed by atoms with Crippen LogP contribution in [-0.2, 0) is 0 Å². The molecule has 5 heteroatoms. The van der Waals surface area contributed by atoms with Gasteiger partial charge in [0.05, 0.1) is 10.7 Å². The van der Waals surface area contributed by atoms with Gasteiger partial charge in [0.2, 0.25) is 0 Å². The number of aromatic nitrogens is 3. The molecule has 3 rings (SSSR count). The Morgan fingerprint density at radius 3 is 2.55 bits per heavy atom.